The third kappa shape index (κ3) is 2.82. The van der Waals surface area contributed by atoms with Gasteiger partial charge < -0.3 is 10.4 Å². The minimum absolute atomic E-state index is 0.288. The molecule has 1 heterocycles. The van der Waals surface area contributed by atoms with Crippen LogP contribution in [0.1, 0.15) is 21.6 Å². The molecule has 2 aromatic rings. The molecule has 0 saturated carbocycles. The molecule has 5 heteroatoms. The lowest BCUT2D eigenvalue weighted by molar-refractivity contribution is 0.0697. The first kappa shape index (κ1) is 11.6. The van der Waals surface area contributed by atoms with E-state index in [1.165, 1.54) is 0 Å². The van der Waals surface area contributed by atoms with Crippen molar-refractivity contribution in [3.63, 3.8) is 0 Å². The standard InChI is InChI=1S/C12H12N2O2S/c1-8-2-3-9(12(15)16)4-11(8)13-5-10-6-17-7-14-10/h2-4,6-7,13H,5H2,1H3,(H,15,16). The van der Waals surface area contributed by atoms with Crippen LogP contribution >= 0.6 is 11.3 Å². The number of carboxylic acids is 1. The van der Waals surface area contributed by atoms with E-state index < -0.39 is 5.97 Å². The highest BCUT2D eigenvalue weighted by Crippen LogP contribution is 2.18. The maximum Gasteiger partial charge on any atom is 0.335 e. The Morgan fingerprint density at radius 1 is 1.53 bits per heavy atom. The summed E-state index contributed by atoms with van der Waals surface area (Å²) in [5, 5.41) is 14.1. The van der Waals surface area contributed by atoms with E-state index in [0.29, 0.717) is 6.54 Å². The molecule has 0 aliphatic heterocycles. The van der Waals surface area contributed by atoms with Crippen LogP contribution < -0.4 is 5.32 Å². The van der Waals surface area contributed by atoms with Crippen LogP contribution in [0, 0.1) is 6.92 Å². The van der Waals surface area contributed by atoms with Crippen molar-refractivity contribution in [1.29, 1.82) is 0 Å². The summed E-state index contributed by atoms with van der Waals surface area (Å²) >= 11 is 1.54. The minimum Gasteiger partial charge on any atom is -0.478 e. The van der Waals surface area contributed by atoms with Gasteiger partial charge >= 0.3 is 5.97 Å². The highest BCUT2D eigenvalue weighted by atomic mass is 32.1. The third-order valence-corrected chi connectivity index (χ3v) is 3.06. The average Bonchev–Trinajstić information content (AvgIpc) is 2.80. The molecule has 2 rings (SSSR count). The zero-order valence-corrected chi connectivity index (χ0v) is 10.1. The second-order valence-corrected chi connectivity index (χ2v) is 4.39. The number of nitrogens with zero attached hydrogens (tertiary/aromatic N) is 1. The largest absolute Gasteiger partial charge is 0.478 e. The maximum atomic E-state index is 10.9. The van der Waals surface area contributed by atoms with Crippen molar-refractivity contribution in [2.24, 2.45) is 0 Å². The van der Waals surface area contributed by atoms with Gasteiger partial charge in [0.15, 0.2) is 0 Å². The summed E-state index contributed by atoms with van der Waals surface area (Å²) in [7, 11) is 0. The number of carboxylic acid groups (broad SMARTS) is 1. The Morgan fingerprint density at radius 2 is 2.35 bits per heavy atom. The molecular weight excluding hydrogens is 236 g/mol. The van der Waals surface area contributed by atoms with E-state index in [1.807, 2.05) is 12.3 Å². The summed E-state index contributed by atoms with van der Waals surface area (Å²) in [5.74, 6) is -0.915. The van der Waals surface area contributed by atoms with Crippen molar-refractivity contribution in [1.82, 2.24) is 4.98 Å². The van der Waals surface area contributed by atoms with Crippen LogP contribution in [0.2, 0.25) is 0 Å². The summed E-state index contributed by atoms with van der Waals surface area (Å²) < 4.78 is 0. The molecule has 0 amide bonds. The Labute approximate surface area is 103 Å². The van der Waals surface area contributed by atoms with Crippen LogP contribution in [0.5, 0.6) is 0 Å². The SMILES string of the molecule is Cc1ccc(C(=O)O)cc1NCc1cscn1. The fraction of sp³-hybridized carbons (Fsp3) is 0.167. The Bertz CT molecular complexity index is 523. The Kier molecular flexibility index (Phi) is 3.39. The summed E-state index contributed by atoms with van der Waals surface area (Å²) in [4.78, 5) is 15.0. The fourth-order valence-corrected chi connectivity index (χ4v) is 2.01. The van der Waals surface area contributed by atoms with E-state index in [0.717, 1.165) is 16.9 Å². The van der Waals surface area contributed by atoms with Crippen molar-refractivity contribution in [3.8, 4) is 0 Å². The summed E-state index contributed by atoms with van der Waals surface area (Å²) in [6.45, 7) is 2.54. The van der Waals surface area contributed by atoms with Crippen molar-refractivity contribution in [2.75, 3.05) is 5.32 Å². The highest BCUT2D eigenvalue weighted by Gasteiger charge is 2.06. The van der Waals surface area contributed by atoms with Gasteiger partial charge in [-0.05, 0) is 24.6 Å². The molecule has 0 bridgehead atoms. The number of anilines is 1. The summed E-state index contributed by atoms with van der Waals surface area (Å²) in [5.41, 5.74) is 4.87. The quantitative estimate of drug-likeness (QED) is 0.873. The van der Waals surface area contributed by atoms with E-state index in [9.17, 15) is 4.79 Å². The number of hydrogen-bond acceptors (Lipinski definition) is 4. The minimum atomic E-state index is -0.915. The molecule has 4 nitrogen and oxygen atoms in total. The number of aromatic carboxylic acids is 1. The predicted molar refractivity (Wildman–Crippen MR) is 67.6 cm³/mol. The van der Waals surface area contributed by atoms with E-state index in [2.05, 4.69) is 10.3 Å². The van der Waals surface area contributed by atoms with Crippen molar-refractivity contribution >= 4 is 23.0 Å². The lowest BCUT2D eigenvalue weighted by Crippen LogP contribution is -2.04. The fourth-order valence-electron chi connectivity index (χ4n) is 1.46. The molecule has 0 fully saturated rings. The Balaban J connectivity index is 2.14. The number of thiazole rings is 1. The van der Waals surface area contributed by atoms with Crippen LogP contribution in [0.4, 0.5) is 5.69 Å². The van der Waals surface area contributed by atoms with Crippen molar-refractivity contribution in [2.45, 2.75) is 13.5 Å². The zero-order chi connectivity index (χ0) is 12.3. The molecular formula is C12H12N2O2S. The van der Waals surface area contributed by atoms with Crippen LogP contribution in [0.15, 0.2) is 29.1 Å². The molecule has 2 N–H and O–H groups in total. The molecule has 0 spiro atoms. The van der Waals surface area contributed by atoms with Crippen LogP contribution in [0.25, 0.3) is 0 Å². The maximum absolute atomic E-state index is 10.9. The predicted octanol–water partition coefficient (Wildman–Crippen LogP) is 2.76. The van der Waals surface area contributed by atoms with Gasteiger partial charge in [-0.15, -0.1) is 11.3 Å². The smallest absolute Gasteiger partial charge is 0.335 e. The van der Waals surface area contributed by atoms with Crippen LogP contribution in [-0.2, 0) is 6.54 Å². The molecule has 0 saturated heterocycles. The van der Waals surface area contributed by atoms with Crippen LogP contribution in [-0.4, -0.2) is 16.1 Å². The van der Waals surface area contributed by atoms with Gasteiger partial charge in [0.1, 0.15) is 0 Å². The third-order valence-electron chi connectivity index (χ3n) is 2.43. The normalized spacial score (nSPS) is 10.2. The van der Waals surface area contributed by atoms with Gasteiger partial charge in [-0.25, -0.2) is 9.78 Å². The average molecular weight is 248 g/mol. The van der Waals surface area contributed by atoms with Gasteiger partial charge in [-0.3, -0.25) is 0 Å². The molecule has 1 aromatic heterocycles. The monoisotopic (exact) mass is 248 g/mol. The van der Waals surface area contributed by atoms with E-state index in [4.69, 9.17) is 5.11 Å². The van der Waals surface area contributed by atoms with Crippen molar-refractivity contribution < 1.29 is 9.90 Å². The molecule has 0 atom stereocenters. The zero-order valence-electron chi connectivity index (χ0n) is 9.30. The number of aromatic nitrogens is 1. The molecule has 17 heavy (non-hydrogen) atoms. The summed E-state index contributed by atoms with van der Waals surface area (Å²) in [6.07, 6.45) is 0. The van der Waals surface area contributed by atoms with Gasteiger partial charge in [0, 0.05) is 11.1 Å². The van der Waals surface area contributed by atoms with Crippen molar-refractivity contribution in [3.05, 3.63) is 45.9 Å². The summed E-state index contributed by atoms with van der Waals surface area (Å²) in [6, 6.07) is 5.04. The van der Waals surface area contributed by atoms with Gasteiger partial charge in [-0.2, -0.15) is 0 Å². The van der Waals surface area contributed by atoms with Gasteiger partial charge in [-0.1, -0.05) is 6.07 Å². The Morgan fingerprint density at radius 3 is 3.00 bits per heavy atom. The number of benzene rings is 1. The lowest BCUT2D eigenvalue weighted by Gasteiger charge is -2.09. The van der Waals surface area contributed by atoms with Gasteiger partial charge in [0.05, 0.1) is 23.3 Å². The number of aryl methyl sites for hydroxylation is 1. The second kappa shape index (κ2) is 4.97. The Hall–Kier alpha value is -1.88. The van der Waals surface area contributed by atoms with Gasteiger partial charge in [0.25, 0.3) is 0 Å². The molecule has 0 radical (unpaired) electrons. The number of carbonyl (C=O) groups is 1. The highest BCUT2D eigenvalue weighted by molar-refractivity contribution is 7.07. The van der Waals surface area contributed by atoms with Crippen LogP contribution in [0.3, 0.4) is 0 Å². The van der Waals surface area contributed by atoms with E-state index in [-0.39, 0.29) is 5.56 Å². The number of nitrogens with one attached hydrogen (secondary N) is 1. The first-order chi connectivity index (χ1) is 8.16. The number of hydrogen-bond donors (Lipinski definition) is 2. The molecule has 0 aliphatic rings. The second-order valence-electron chi connectivity index (χ2n) is 3.67. The molecule has 1 aromatic carbocycles. The first-order valence-electron chi connectivity index (χ1n) is 5.11. The topological polar surface area (TPSA) is 62.2 Å². The molecule has 0 unspecified atom stereocenters. The molecule has 0 aliphatic carbocycles. The van der Waals surface area contributed by atoms with Gasteiger partial charge in [0.2, 0.25) is 0 Å². The van der Waals surface area contributed by atoms with E-state index >= 15 is 0 Å². The van der Waals surface area contributed by atoms with E-state index in [1.54, 1.807) is 35.0 Å². The lowest BCUT2D eigenvalue weighted by atomic mass is 10.1. The molecule has 88 valence electrons. The number of rotatable bonds is 4. The first-order valence-corrected chi connectivity index (χ1v) is 6.06.